The van der Waals surface area contributed by atoms with Crippen molar-refractivity contribution in [2.24, 2.45) is 11.7 Å². The number of nitrogens with one attached hydrogen (secondary N) is 1. The first-order chi connectivity index (χ1) is 11.8. The van der Waals surface area contributed by atoms with Gasteiger partial charge in [-0.2, -0.15) is 0 Å². The maximum Gasteiger partial charge on any atom is 0.339 e. The second-order valence-electron chi connectivity index (χ2n) is 5.78. The average molecular weight is 344 g/mol. The smallest absolute Gasteiger partial charge is 0.339 e. The number of carbonyl (C=O) groups excluding carboxylic acids is 3. The molecule has 0 aliphatic heterocycles. The lowest BCUT2D eigenvalue weighted by atomic mass is 10.0. The standard InChI is InChI=1S/C18H20N2O5/c1-10(2)15(16(21)20-18(19)23)25-17(22)13-8-9-14(24-3)12-7-5-4-6-11(12)13/h4-10,15H,1-3H3,(H3,19,20,21,23)/t15-/m1/s1. The van der Waals surface area contributed by atoms with Crippen LogP contribution in [0.3, 0.4) is 0 Å². The number of amides is 3. The van der Waals surface area contributed by atoms with Gasteiger partial charge in [-0.1, -0.05) is 38.1 Å². The molecule has 0 unspecified atom stereocenters. The summed E-state index contributed by atoms with van der Waals surface area (Å²) in [6.07, 6.45) is -1.14. The van der Waals surface area contributed by atoms with Crippen LogP contribution in [0.25, 0.3) is 10.8 Å². The molecular formula is C18H20N2O5. The topological polar surface area (TPSA) is 108 Å². The summed E-state index contributed by atoms with van der Waals surface area (Å²) < 4.78 is 10.6. The molecule has 25 heavy (non-hydrogen) atoms. The summed E-state index contributed by atoms with van der Waals surface area (Å²) in [5.41, 5.74) is 5.25. The van der Waals surface area contributed by atoms with Crippen LogP contribution in [0.4, 0.5) is 4.79 Å². The highest BCUT2D eigenvalue weighted by molar-refractivity contribution is 6.07. The summed E-state index contributed by atoms with van der Waals surface area (Å²) in [6.45, 7) is 3.40. The van der Waals surface area contributed by atoms with E-state index in [1.807, 2.05) is 17.4 Å². The van der Waals surface area contributed by atoms with Crippen molar-refractivity contribution in [3.05, 3.63) is 42.0 Å². The van der Waals surface area contributed by atoms with Crippen molar-refractivity contribution in [3.63, 3.8) is 0 Å². The highest BCUT2D eigenvalue weighted by Crippen LogP contribution is 2.29. The van der Waals surface area contributed by atoms with Crippen molar-refractivity contribution in [1.82, 2.24) is 5.32 Å². The second-order valence-corrected chi connectivity index (χ2v) is 5.78. The van der Waals surface area contributed by atoms with Gasteiger partial charge in [-0.25, -0.2) is 9.59 Å². The van der Waals surface area contributed by atoms with Crippen molar-refractivity contribution in [2.75, 3.05) is 7.11 Å². The number of imide groups is 1. The first kappa shape index (κ1) is 18.3. The van der Waals surface area contributed by atoms with Gasteiger partial charge in [-0.15, -0.1) is 0 Å². The quantitative estimate of drug-likeness (QED) is 0.809. The Balaban J connectivity index is 2.35. The third kappa shape index (κ3) is 4.06. The molecule has 0 saturated heterocycles. The Bertz CT molecular complexity index is 816. The predicted molar refractivity (Wildman–Crippen MR) is 92.3 cm³/mol. The Morgan fingerprint density at radius 1 is 1.04 bits per heavy atom. The van der Waals surface area contributed by atoms with Gasteiger partial charge in [-0.05, 0) is 23.4 Å². The van der Waals surface area contributed by atoms with E-state index in [0.717, 1.165) is 5.39 Å². The molecule has 0 aliphatic rings. The molecule has 2 rings (SSSR count). The number of rotatable bonds is 5. The summed E-state index contributed by atoms with van der Waals surface area (Å²) in [5.74, 6) is -1.14. The summed E-state index contributed by atoms with van der Waals surface area (Å²) in [5, 5.41) is 3.33. The molecule has 0 fully saturated rings. The van der Waals surface area contributed by atoms with Crippen molar-refractivity contribution in [3.8, 4) is 5.75 Å². The van der Waals surface area contributed by atoms with Crippen molar-refractivity contribution in [2.45, 2.75) is 20.0 Å². The predicted octanol–water partition coefficient (Wildman–Crippen LogP) is 2.22. The zero-order valence-electron chi connectivity index (χ0n) is 14.2. The normalized spacial score (nSPS) is 11.8. The molecule has 1 atom stereocenters. The fourth-order valence-corrected chi connectivity index (χ4v) is 2.49. The first-order valence-electron chi connectivity index (χ1n) is 7.72. The van der Waals surface area contributed by atoms with Gasteiger partial charge in [0.2, 0.25) is 0 Å². The molecule has 0 aromatic heterocycles. The minimum absolute atomic E-state index is 0.300. The zero-order chi connectivity index (χ0) is 18.6. The van der Waals surface area contributed by atoms with E-state index >= 15 is 0 Å². The maximum absolute atomic E-state index is 12.6. The summed E-state index contributed by atoms with van der Waals surface area (Å²) in [6, 6.07) is 9.45. The summed E-state index contributed by atoms with van der Waals surface area (Å²) >= 11 is 0. The average Bonchev–Trinajstić information content (AvgIpc) is 2.57. The number of methoxy groups -OCH3 is 1. The number of hydrogen-bond donors (Lipinski definition) is 2. The number of primary amides is 1. The van der Waals surface area contributed by atoms with Crippen LogP contribution in [-0.2, 0) is 9.53 Å². The van der Waals surface area contributed by atoms with Gasteiger partial charge in [0.25, 0.3) is 5.91 Å². The Labute approximate surface area is 145 Å². The second kappa shape index (κ2) is 7.65. The van der Waals surface area contributed by atoms with Gasteiger partial charge >= 0.3 is 12.0 Å². The highest BCUT2D eigenvalue weighted by atomic mass is 16.5. The van der Waals surface area contributed by atoms with Gasteiger partial charge in [0.1, 0.15) is 5.75 Å². The number of carbonyl (C=O) groups is 3. The molecule has 2 aromatic carbocycles. The maximum atomic E-state index is 12.6. The third-order valence-electron chi connectivity index (χ3n) is 3.67. The molecule has 0 bridgehead atoms. The van der Waals surface area contributed by atoms with Gasteiger partial charge in [0.15, 0.2) is 6.10 Å². The van der Waals surface area contributed by atoms with Crippen LogP contribution in [0.5, 0.6) is 5.75 Å². The summed E-state index contributed by atoms with van der Waals surface area (Å²) in [7, 11) is 1.54. The molecule has 132 valence electrons. The lowest BCUT2D eigenvalue weighted by molar-refractivity contribution is -0.130. The summed E-state index contributed by atoms with van der Waals surface area (Å²) in [4.78, 5) is 35.5. The van der Waals surface area contributed by atoms with E-state index in [2.05, 4.69) is 0 Å². The monoisotopic (exact) mass is 344 g/mol. The van der Waals surface area contributed by atoms with Crippen LogP contribution in [-0.4, -0.2) is 31.1 Å². The SMILES string of the molecule is COc1ccc(C(=O)O[C@@H](C(=O)NC(N)=O)C(C)C)c2ccccc12. The van der Waals surface area contributed by atoms with E-state index in [0.29, 0.717) is 16.7 Å². The van der Waals surface area contributed by atoms with Gasteiger partial charge < -0.3 is 15.2 Å². The van der Waals surface area contributed by atoms with Gasteiger partial charge in [0.05, 0.1) is 12.7 Å². The Morgan fingerprint density at radius 3 is 2.24 bits per heavy atom. The van der Waals surface area contributed by atoms with E-state index in [1.165, 1.54) is 0 Å². The molecule has 0 saturated carbocycles. The number of hydrogen-bond acceptors (Lipinski definition) is 5. The zero-order valence-corrected chi connectivity index (χ0v) is 14.2. The number of esters is 1. The molecule has 0 radical (unpaired) electrons. The van der Waals surface area contributed by atoms with E-state index in [4.69, 9.17) is 15.2 Å². The Hall–Kier alpha value is -3.09. The van der Waals surface area contributed by atoms with Crippen LogP contribution in [0.1, 0.15) is 24.2 Å². The van der Waals surface area contributed by atoms with E-state index in [1.54, 1.807) is 45.2 Å². The van der Waals surface area contributed by atoms with Crippen LogP contribution < -0.4 is 15.8 Å². The van der Waals surface area contributed by atoms with E-state index in [-0.39, 0.29) is 5.92 Å². The lowest BCUT2D eigenvalue weighted by Crippen LogP contribution is -2.45. The van der Waals surface area contributed by atoms with Crippen molar-refractivity contribution in [1.29, 1.82) is 0 Å². The fraction of sp³-hybridized carbons (Fsp3) is 0.278. The number of benzene rings is 2. The largest absolute Gasteiger partial charge is 0.496 e. The number of urea groups is 1. The van der Waals surface area contributed by atoms with Crippen LogP contribution in [0.2, 0.25) is 0 Å². The molecule has 0 spiro atoms. The van der Waals surface area contributed by atoms with E-state index < -0.39 is 24.0 Å². The molecule has 0 aliphatic carbocycles. The van der Waals surface area contributed by atoms with Crippen molar-refractivity contribution < 1.29 is 23.9 Å². The lowest BCUT2D eigenvalue weighted by Gasteiger charge is -2.20. The molecule has 7 heteroatoms. The number of ether oxygens (including phenoxy) is 2. The Kier molecular flexibility index (Phi) is 5.59. The van der Waals surface area contributed by atoms with Crippen LogP contribution >= 0.6 is 0 Å². The molecule has 7 nitrogen and oxygen atoms in total. The van der Waals surface area contributed by atoms with E-state index in [9.17, 15) is 14.4 Å². The van der Waals surface area contributed by atoms with Crippen molar-refractivity contribution >= 4 is 28.7 Å². The molecule has 2 aromatic rings. The van der Waals surface area contributed by atoms with Crippen LogP contribution in [0, 0.1) is 5.92 Å². The first-order valence-corrected chi connectivity index (χ1v) is 7.72. The third-order valence-corrected chi connectivity index (χ3v) is 3.67. The highest BCUT2D eigenvalue weighted by Gasteiger charge is 2.28. The number of fused-ring (bicyclic) bond motifs is 1. The Morgan fingerprint density at radius 2 is 1.68 bits per heavy atom. The molecule has 3 N–H and O–H groups in total. The van der Waals surface area contributed by atoms with Gasteiger partial charge in [0, 0.05) is 5.39 Å². The van der Waals surface area contributed by atoms with Gasteiger partial charge in [-0.3, -0.25) is 10.1 Å². The number of nitrogens with two attached hydrogens (primary N) is 1. The fourth-order valence-electron chi connectivity index (χ4n) is 2.49. The molecule has 0 heterocycles. The minimum atomic E-state index is -1.14. The molecule has 3 amide bonds. The minimum Gasteiger partial charge on any atom is -0.496 e. The van der Waals surface area contributed by atoms with Crippen LogP contribution in [0.15, 0.2) is 36.4 Å². The molecular weight excluding hydrogens is 324 g/mol.